The van der Waals surface area contributed by atoms with Crippen LogP contribution in [0.15, 0.2) is 95.7 Å². The summed E-state index contributed by atoms with van der Waals surface area (Å²) in [5.41, 5.74) is 6.68. The standard InChI is InChI=1S/C21H20NOSi.C12H10N.Ir/c1-14-11-12-17(22-13-14)15-7-5-8-16-20-18(23-21(15)16)9-6-10-19(20)24(2,3)4;1-10-7-8-12(13-9-10)11-5-3-2-4-6-11;/h5-6,8-13H,1-4H3;2-5,7-9H,1H3;/q2*-1;/i;1D3;. The van der Waals surface area contributed by atoms with Crippen LogP contribution in [-0.2, 0) is 20.1 Å². The molecule has 0 spiro atoms. The molecule has 5 heteroatoms. The van der Waals surface area contributed by atoms with Crippen LogP contribution in [0.4, 0.5) is 0 Å². The molecular formula is C33H30IrN2OSi-2. The van der Waals surface area contributed by atoms with Crippen molar-refractivity contribution in [1.29, 1.82) is 0 Å². The molecule has 0 aliphatic carbocycles. The van der Waals surface area contributed by atoms with Crippen LogP contribution in [0.5, 0.6) is 0 Å². The van der Waals surface area contributed by atoms with Gasteiger partial charge in [-0.15, -0.1) is 54.1 Å². The van der Waals surface area contributed by atoms with E-state index in [0.29, 0.717) is 0 Å². The molecule has 0 N–H and O–H groups in total. The molecule has 6 rings (SSSR count). The number of pyridine rings is 2. The summed E-state index contributed by atoms with van der Waals surface area (Å²) in [6.07, 6.45) is 3.28. The van der Waals surface area contributed by atoms with Crippen molar-refractivity contribution in [2.75, 3.05) is 0 Å². The summed E-state index contributed by atoms with van der Waals surface area (Å²) in [6.45, 7) is 7.07. The fourth-order valence-corrected chi connectivity index (χ4v) is 5.93. The van der Waals surface area contributed by atoms with Crippen LogP contribution >= 0.6 is 0 Å². The zero-order valence-corrected chi connectivity index (χ0v) is 25.2. The summed E-state index contributed by atoms with van der Waals surface area (Å²) >= 11 is 0. The van der Waals surface area contributed by atoms with Crippen molar-refractivity contribution in [1.82, 2.24) is 9.97 Å². The van der Waals surface area contributed by atoms with Gasteiger partial charge in [-0.2, -0.15) is 0 Å². The number of hydrogen-bond donors (Lipinski definition) is 0. The number of hydrogen-bond acceptors (Lipinski definition) is 3. The van der Waals surface area contributed by atoms with Crippen molar-refractivity contribution in [2.24, 2.45) is 0 Å². The third-order valence-electron chi connectivity index (χ3n) is 6.18. The van der Waals surface area contributed by atoms with Crippen molar-refractivity contribution >= 4 is 35.2 Å². The summed E-state index contributed by atoms with van der Waals surface area (Å²) < 4.78 is 28.0. The van der Waals surface area contributed by atoms with Gasteiger partial charge in [0.05, 0.1) is 13.7 Å². The topological polar surface area (TPSA) is 38.9 Å². The van der Waals surface area contributed by atoms with Gasteiger partial charge in [0.25, 0.3) is 0 Å². The number of fused-ring (bicyclic) bond motifs is 3. The molecule has 0 saturated heterocycles. The molecule has 0 aliphatic heterocycles. The molecule has 3 heterocycles. The number of aromatic nitrogens is 2. The molecule has 0 aliphatic rings. The van der Waals surface area contributed by atoms with Gasteiger partial charge >= 0.3 is 0 Å². The van der Waals surface area contributed by atoms with Crippen molar-refractivity contribution in [3.05, 3.63) is 115 Å². The Morgan fingerprint density at radius 1 is 0.789 bits per heavy atom. The van der Waals surface area contributed by atoms with E-state index in [4.69, 9.17) is 8.53 Å². The van der Waals surface area contributed by atoms with Gasteiger partial charge in [0, 0.05) is 42.0 Å². The zero-order valence-electron chi connectivity index (χ0n) is 24.8. The van der Waals surface area contributed by atoms with Crippen LogP contribution in [0.2, 0.25) is 19.6 Å². The fourth-order valence-electron chi connectivity index (χ4n) is 4.33. The van der Waals surface area contributed by atoms with Crippen LogP contribution in [0.25, 0.3) is 44.5 Å². The van der Waals surface area contributed by atoms with E-state index in [0.717, 1.165) is 39.2 Å². The second-order valence-electron chi connectivity index (χ2n) is 10.1. The van der Waals surface area contributed by atoms with Gasteiger partial charge in [-0.3, -0.25) is 0 Å². The molecule has 0 unspecified atom stereocenters. The van der Waals surface area contributed by atoms with E-state index < -0.39 is 14.9 Å². The van der Waals surface area contributed by atoms with Crippen LogP contribution in [0, 0.1) is 25.9 Å². The van der Waals surface area contributed by atoms with Crippen molar-refractivity contribution in [2.45, 2.75) is 33.4 Å². The van der Waals surface area contributed by atoms with Gasteiger partial charge in [-0.1, -0.05) is 72.2 Å². The first-order chi connectivity index (χ1) is 19.0. The minimum Gasteiger partial charge on any atom is -0.501 e. The maximum absolute atomic E-state index is 7.23. The molecule has 0 amide bonds. The Morgan fingerprint density at radius 2 is 1.55 bits per heavy atom. The smallest absolute Gasteiger partial charge is 0.120 e. The molecule has 38 heavy (non-hydrogen) atoms. The van der Waals surface area contributed by atoms with E-state index in [2.05, 4.69) is 72.1 Å². The van der Waals surface area contributed by atoms with E-state index in [-0.39, 0.29) is 25.7 Å². The Morgan fingerprint density at radius 3 is 2.21 bits per heavy atom. The molecular weight excluding hydrogens is 661 g/mol. The Bertz CT molecular complexity index is 1760. The Balaban J connectivity index is 0.000000200. The van der Waals surface area contributed by atoms with Crippen molar-refractivity contribution in [3.8, 4) is 22.5 Å². The van der Waals surface area contributed by atoms with Crippen LogP contribution in [-0.4, -0.2) is 18.0 Å². The average molecular weight is 694 g/mol. The van der Waals surface area contributed by atoms with Gasteiger partial charge in [-0.25, -0.2) is 0 Å². The van der Waals surface area contributed by atoms with Crippen LogP contribution < -0.4 is 5.19 Å². The van der Waals surface area contributed by atoms with E-state index in [9.17, 15) is 0 Å². The molecule has 6 aromatic rings. The SMILES string of the molecule is Cc1ccc(-c2[c-]ccc3c2oc2cccc([Si](C)(C)C)c23)nc1.[2H]C([2H])([2H])c1ccc(-c2[c-]cccc2)nc1.[Ir]. The Kier molecular flexibility index (Phi) is 7.22. The largest absolute Gasteiger partial charge is 0.501 e. The van der Waals surface area contributed by atoms with E-state index in [1.807, 2.05) is 43.5 Å². The minimum absolute atomic E-state index is 0. The molecule has 193 valence electrons. The maximum atomic E-state index is 7.23. The third-order valence-corrected chi connectivity index (χ3v) is 8.21. The third kappa shape index (κ3) is 5.86. The Labute approximate surface area is 243 Å². The summed E-state index contributed by atoms with van der Waals surface area (Å²) in [5, 5.41) is 3.86. The van der Waals surface area contributed by atoms with Gasteiger partial charge in [0.1, 0.15) is 5.58 Å². The molecule has 0 bridgehead atoms. The quantitative estimate of drug-likeness (QED) is 0.139. The van der Waals surface area contributed by atoms with Gasteiger partial charge < -0.3 is 14.4 Å². The molecule has 1 radical (unpaired) electrons. The molecule has 3 nitrogen and oxygen atoms in total. The maximum Gasteiger partial charge on any atom is 0.120 e. The van der Waals surface area contributed by atoms with Gasteiger partial charge in [0.15, 0.2) is 0 Å². The monoisotopic (exact) mass is 694 g/mol. The van der Waals surface area contributed by atoms with Gasteiger partial charge in [0.2, 0.25) is 0 Å². The summed E-state index contributed by atoms with van der Waals surface area (Å²) in [4.78, 5) is 8.68. The van der Waals surface area contributed by atoms with Crippen LogP contribution in [0.1, 0.15) is 15.2 Å². The van der Waals surface area contributed by atoms with Crippen LogP contribution in [0.3, 0.4) is 0 Å². The second kappa shape index (κ2) is 11.6. The predicted octanol–water partition coefficient (Wildman–Crippen LogP) is 8.16. The van der Waals surface area contributed by atoms with Crippen molar-refractivity contribution < 1.29 is 28.6 Å². The molecule has 3 aromatic heterocycles. The number of furan rings is 1. The molecule has 0 atom stereocenters. The number of benzene rings is 3. The molecule has 3 aromatic carbocycles. The normalized spacial score (nSPS) is 12.6. The van der Waals surface area contributed by atoms with Gasteiger partial charge in [-0.05, 0) is 42.4 Å². The van der Waals surface area contributed by atoms with E-state index >= 15 is 0 Å². The number of rotatable bonds is 3. The Hall–Kier alpha value is -3.37. The van der Waals surface area contributed by atoms with Crippen molar-refractivity contribution in [3.63, 3.8) is 0 Å². The molecule has 0 saturated carbocycles. The predicted molar refractivity (Wildman–Crippen MR) is 157 cm³/mol. The first-order valence-electron chi connectivity index (χ1n) is 13.8. The summed E-state index contributed by atoms with van der Waals surface area (Å²) in [7, 11) is -1.47. The van der Waals surface area contributed by atoms with E-state index in [1.54, 1.807) is 18.2 Å². The first kappa shape index (κ1) is 23.7. The first-order valence-corrected chi connectivity index (χ1v) is 15.8. The average Bonchev–Trinajstić information content (AvgIpc) is 3.33. The zero-order chi connectivity index (χ0) is 28.5. The number of nitrogens with zero attached hydrogens (tertiary/aromatic N) is 2. The fraction of sp³-hybridized carbons (Fsp3) is 0.152. The number of aryl methyl sites for hydroxylation is 2. The summed E-state index contributed by atoms with van der Waals surface area (Å²) in [6, 6.07) is 31.7. The van der Waals surface area contributed by atoms with E-state index in [1.165, 1.54) is 22.2 Å². The minimum atomic E-state index is -2.09. The molecule has 0 fully saturated rings. The second-order valence-corrected chi connectivity index (χ2v) is 15.1. The summed E-state index contributed by atoms with van der Waals surface area (Å²) in [5.74, 6) is 0.